The average molecular weight is 237 g/mol. The van der Waals surface area contributed by atoms with Gasteiger partial charge in [-0.3, -0.25) is 4.68 Å². The zero-order valence-electron chi connectivity index (χ0n) is 10.1. The second kappa shape index (κ2) is 3.99. The van der Waals surface area contributed by atoms with Gasteiger partial charge in [-0.15, -0.1) is 0 Å². The van der Waals surface area contributed by atoms with E-state index in [9.17, 15) is 5.11 Å². The van der Waals surface area contributed by atoms with Crippen molar-refractivity contribution in [3.63, 3.8) is 0 Å². The molecule has 94 valence electrons. The van der Waals surface area contributed by atoms with Crippen molar-refractivity contribution in [2.75, 3.05) is 13.1 Å². The Hall–Kier alpha value is -1.07. The van der Waals surface area contributed by atoms with Crippen LogP contribution in [0, 0.1) is 0 Å². The van der Waals surface area contributed by atoms with Crippen LogP contribution in [0.1, 0.15) is 38.0 Å². The minimum absolute atomic E-state index is 0.181. The number of aliphatic hydroxyl groups excluding tert-OH is 1. The maximum atomic E-state index is 10.2. The predicted molar refractivity (Wildman–Crippen MR) is 62.9 cm³/mol. The minimum Gasteiger partial charge on any atom is -0.483 e. The van der Waals surface area contributed by atoms with E-state index >= 15 is 0 Å². The van der Waals surface area contributed by atoms with Gasteiger partial charge >= 0.3 is 0 Å². The Morgan fingerprint density at radius 1 is 1.59 bits per heavy atom. The van der Waals surface area contributed by atoms with Gasteiger partial charge in [0.15, 0.2) is 5.75 Å². The summed E-state index contributed by atoms with van der Waals surface area (Å²) in [5.41, 5.74) is 0.523. The van der Waals surface area contributed by atoms with Crippen LogP contribution in [-0.2, 0) is 6.54 Å². The van der Waals surface area contributed by atoms with Gasteiger partial charge in [0.2, 0.25) is 0 Å². The first-order valence-corrected chi connectivity index (χ1v) is 6.37. The van der Waals surface area contributed by atoms with Crippen molar-refractivity contribution in [2.45, 2.75) is 44.4 Å². The number of hydrogen-bond acceptors (Lipinski definition) is 4. The molecule has 5 heteroatoms. The molecule has 5 nitrogen and oxygen atoms in total. The lowest BCUT2D eigenvalue weighted by Gasteiger charge is -2.41. The third-order valence-corrected chi connectivity index (χ3v) is 3.80. The standard InChI is InChI=1S/C12H19N3O2/c1-2-15-8-10-11(14-15)9(16)7-12(17-10)3-5-13-6-4-12/h8-9,13,16H,2-7H2,1H3. The Morgan fingerprint density at radius 3 is 3.06 bits per heavy atom. The minimum atomic E-state index is -0.482. The van der Waals surface area contributed by atoms with Crippen LogP contribution in [0.15, 0.2) is 6.20 Å². The highest BCUT2D eigenvalue weighted by atomic mass is 16.5. The number of piperidine rings is 1. The van der Waals surface area contributed by atoms with Gasteiger partial charge in [-0.25, -0.2) is 0 Å². The smallest absolute Gasteiger partial charge is 0.163 e. The summed E-state index contributed by atoms with van der Waals surface area (Å²) in [4.78, 5) is 0. The van der Waals surface area contributed by atoms with Gasteiger partial charge in [0.1, 0.15) is 17.4 Å². The SMILES string of the molecule is CCn1cc2c(n1)C(O)CC1(CCNCC1)O2. The van der Waals surface area contributed by atoms with E-state index in [4.69, 9.17) is 4.74 Å². The van der Waals surface area contributed by atoms with E-state index in [1.165, 1.54) is 0 Å². The Labute approximate surface area is 101 Å². The number of aliphatic hydroxyl groups is 1. The Balaban J connectivity index is 1.91. The first-order valence-electron chi connectivity index (χ1n) is 6.37. The number of aryl methyl sites for hydroxylation is 1. The Bertz CT molecular complexity index is 410. The molecular weight excluding hydrogens is 218 g/mol. The number of fused-ring (bicyclic) bond motifs is 1. The van der Waals surface area contributed by atoms with Crippen LogP contribution in [0.25, 0.3) is 0 Å². The van der Waals surface area contributed by atoms with Crippen molar-refractivity contribution in [3.05, 3.63) is 11.9 Å². The van der Waals surface area contributed by atoms with Gasteiger partial charge in [-0.1, -0.05) is 0 Å². The number of nitrogens with zero attached hydrogens (tertiary/aromatic N) is 2. The number of hydrogen-bond donors (Lipinski definition) is 2. The first kappa shape index (κ1) is 11.0. The predicted octanol–water partition coefficient (Wildman–Crippen LogP) is 0.841. The largest absolute Gasteiger partial charge is 0.483 e. The molecule has 1 fully saturated rings. The molecule has 1 unspecified atom stereocenters. The molecule has 0 aliphatic carbocycles. The van der Waals surface area contributed by atoms with Crippen LogP contribution in [-0.4, -0.2) is 33.6 Å². The second-order valence-electron chi connectivity index (χ2n) is 4.99. The zero-order valence-corrected chi connectivity index (χ0v) is 10.1. The topological polar surface area (TPSA) is 59.3 Å². The van der Waals surface area contributed by atoms with E-state index in [1.807, 2.05) is 17.8 Å². The summed E-state index contributed by atoms with van der Waals surface area (Å²) < 4.78 is 7.96. The Morgan fingerprint density at radius 2 is 2.35 bits per heavy atom. The van der Waals surface area contributed by atoms with Crippen LogP contribution >= 0.6 is 0 Å². The number of rotatable bonds is 1. The van der Waals surface area contributed by atoms with Crippen LogP contribution < -0.4 is 10.1 Å². The summed E-state index contributed by atoms with van der Waals surface area (Å²) in [7, 11) is 0. The summed E-state index contributed by atoms with van der Waals surface area (Å²) >= 11 is 0. The van der Waals surface area contributed by atoms with Gasteiger partial charge in [0, 0.05) is 13.0 Å². The van der Waals surface area contributed by atoms with Crippen LogP contribution in [0.3, 0.4) is 0 Å². The fourth-order valence-electron chi connectivity index (χ4n) is 2.80. The van der Waals surface area contributed by atoms with Crippen molar-refractivity contribution in [2.24, 2.45) is 0 Å². The molecule has 1 saturated heterocycles. The average Bonchev–Trinajstić information content (AvgIpc) is 2.73. The summed E-state index contributed by atoms with van der Waals surface area (Å²) in [6, 6.07) is 0. The summed E-state index contributed by atoms with van der Waals surface area (Å²) in [5.74, 6) is 0.771. The van der Waals surface area contributed by atoms with Gasteiger partial charge in [0.05, 0.1) is 6.20 Å². The molecule has 0 radical (unpaired) electrons. The molecule has 17 heavy (non-hydrogen) atoms. The molecule has 1 atom stereocenters. The lowest BCUT2D eigenvalue weighted by molar-refractivity contribution is -0.0347. The second-order valence-corrected chi connectivity index (χ2v) is 4.99. The van der Waals surface area contributed by atoms with E-state index in [0.717, 1.165) is 38.2 Å². The molecule has 1 aromatic rings. The first-order chi connectivity index (χ1) is 8.22. The molecule has 2 aliphatic rings. The molecule has 0 amide bonds. The molecule has 2 aliphatic heterocycles. The van der Waals surface area contributed by atoms with E-state index < -0.39 is 6.10 Å². The third kappa shape index (κ3) is 1.83. The third-order valence-electron chi connectivity index (χ3n) is 3.80. The molecule has 1 spiro atoms. The lowest BCUT2D eigenvalue weighted by atomic mass is 9.84. The normalized spacial score (nSPS) is 26.6. The molecule has 0 bridgehead atoms. The molecule has 3 heterocycles. The monoisotopic (exact) mass is 237 g/mol. The number of aromatic nitrogens is 2. The highest BCUT2D eigenvalue weighted by molar-refractivity contribution is 5.31. The fraction of sp³-hybridized carbons (Fsp3) is 0.750. The van der Waals surface area contributed by atoms with Crippen molar-refractivity contribution >= 4 is 0 Å². The summed E-state index contributed by atoms with van der Waals surface area (Å²) in [5, 5.41) is 17.9. The molecular formula is C12H19N3O2. The van der Waals surface area contributed by atoms with E-state index in [0.29, 0.717) is 12.1 Å². The maximum Gasteiger partial charge on any atom is 0.163 e. The molecule has 3 rings (SSSR count). The molecule has 0 saturated carbocycles. The highest BCUT2D eigenvalue weighted by Gasteiger charge is 2.42. The van der Waals surface area contributed by atoms with Crippen molar-refractivity contribution < 1.29 is 9.84 Å². The lowest BCUT2D eigenvalue weighted by Crippen LogP contribution is -2.49. The quantitative estimate of drug-likeness (QED) is 0.760. The van der Waals surface area contributed by atoms with Gasteiger partial charge in [0.25, 0.3) is 0 Å². The fourth-order valence-corrected chi connectivity index (χ4v) is 2.80. The summed E-state index contributed by atoms with van der Waals surface area (Å²) in [6.45, 7) is 4.76. The van der Waals surface area contributed by atoms with Crippen molar-refractivity contribution in [1.29, 1.82) is 0 Å². The van der Waals surface area contributed by atoms with Crippen molar-refractivity contribution in [1.82, 2.24) is 15.1 Å². The molecule has 1 aromatic heterocycles. The highest BCUT2D eigenvalue weighted by Crippen LogP contribution is 2.42. The molecule has 0 aromatic carbocycles. The Kier molecular flexibility index (Phi) is 2.60. The van der Waals surface area contributed by atoms with E-state index in [1.54, 1.807) is 0 Å². The molecule has 2 N–H and O–H groups in total. The zero-order chi connectivity index (χ0) is 11.9. The van der Waals surface area contributed by atoms with Crippen LogP contribution in [0.2, 0.25) is 0 Å². The van der Waals surface area contributed by atoms with Gasteiger partial charge in [-0.05, 0) is 32.9 Å². The van der Waals surface area contributed by atoms with Crippen molar-refractivity contribution in [3.8, 4) is 5.75 Å². The van der Waals surface area contributed by atoms with Gasteiger partial charge < -0.3 is 15.2 Å². The number of nitrogens with one attached hydrogen (secondary N) is 1. The van der Waals surface area contributed by atoms with E-state index in [-0.39, 0.29) is 5.60 Å². The maximum absolute atomic E-state index is 10.2. The van der Waals surface area contributed by atoms with E-state index in [2.05, 4.69) is 10.4 Å². The van der Waals surface area contributed by atoms with Crippen LogP contribution in [0.5, 0.6) is 5.75 Å². The number of ether oxygens (including phenoxy) is 1. The van der Waals surface area contributed by atoms with Crippen LogP contribution in [0.4, 0.5) is 0 Å². The van der Waals surface area contributed by atoms with Gasteiger partial charge in [-0.2, -0.15) is 5.10 Å². The summed E-state index contributed by atoms with van der Waals surface area (Å²) in [6.07, 6.45) is 4.01.